The molecule has 3 aliphatic rings. The van der Waals surface area contributed by atoms with Crippen LogP contribution in [0.2, 0.25) is 5.02 Å². The number of hydrogen-bond acceptors (Lipinski definition) is 2. The first-order chi connectivity index (χ1) is 15.2. The first-order valence-corrected chi connectivity index (χ1v) is 11.6. The highest BCUT2D eigenvalue weighted by Crippen LogP contribution is 2.63. The van der Waals surface area contributed by atoms with Gasteiger partial charge < -0.3 is 10.6 Å². The number of carbonyl (C=O) groups excluding carboxylic acids is 1. The molecular formula is C27H25ClN2O. The van der Waals surface area contributed by atoms with Crippen LogP contribution in [0.5, 0.6) is 0 Å². The summed E-state index contributed by atoms with van der Waals surface area (Å²) >= 11 is 6.24. The molecule has 0 aromatic heterocycles. The van der Waals surface area contributed by atoms with E-state index in [0.29, 0.717) is 34.2 Å². The Balaban J connectivity index is 1.36. The van der Waals surface area contributed by atoms with E-state index in [4.69, 9.17) is 11.6 Å². The van der Waals surface area contributed by atoms with Gasteiger partial charge in [-0.3, -0.25) is 4.79 Å². The van der Waals surface area contributed by atoms with E-state index in [1.165, 1.54) is 36.1 Å². The lowest BCUT2D eigenvalue weighted by molar-refractivity contribution is 0.102. The third-order valence-electron chi connectivity index (χ3n) is 7.63. The highest BCUT2D eigenvalue weighted by atomic mass is 35.5. The highest BCUT2D eigenvalue weighted by molar-refractivity contribution is 6.33. The minimum Gasteiger partial charge on any atom is -0.378 e. The molecule has 3 aromatic rings. The van der Waals surface area contributed by atoms with Crippen LogP contribution >= 0.6 is 11.6 Å². The van der Waals surface area contributed by atoms with E-state index in [-0.39, 0.29) is 5.91 Å². The third-order valence-corrected chi connectivity index (χ3v) is 7.96. The van der Waals surface area contributed by atoms with Gasteiger partial charge in [0.15, 0.2) is 0 Å². The van der Waals surface area contributed by atoms with Crippen molar-refractivity contribution in [2.45, 2.75) is 31.2 Å². The monoisotopic (exact) mass is 428 g/mol. The van der Waals surface area contributed by atoms with Crippen molar-refractivity contribution in [3.63, 3.8) is 0 Å². The summed E-state index contributed by atoms with van der Waals surface area (Å²) in [7, 11) is 0. The minimum absolute atomic E-state index is 0.110. The Morgan fingerprint density at radius 3 is 2.55 bits per heavy atom. The third kappa shape index (κ3) is 3.14. The first kappa shape index (κ1) is 18.9. The maximum absolute atomic E-state index is 13.0. The second-order valence-electron chi connectivity index (χ2n) is 9.21. The zero-order chi connectivity index (χ0) is 20.9. The summed E-state index contributed by atoms with van der Waals surface area (Å²) < 4.78 is 0. The summed E-state index contributed by atoms with van der Waals surface area (Å²) in [6.07, 6.45) is 3.96. The van der Waals surface area contributed by atoms with Gasteiger partial charge in [-0.2, -0.15) is 0 Å². The summed E-state index contributed by atoms with van der Waals surface area (Å²) in [5.74, 6) is 2.50. The van der Waals surface area contributed by atoms with Crippen molar-refractivity contribution in [1.82, 2.24) is 0 Å². The quantitative estimate of drug-likeness (QED) is 0.477. The number of nitrogens with one attached hydrogen (secondary N) is 2. The SMILES string of the molecule is O=C(Nc1ccccc1Cl)c1ccc2c(c1)[C@H]1[C@H]3CC[C@H](C3)[C@@H]1[C@@H](c1ccccc1)N2. The van der Waals surface area contributed by atoms with E-state index in [9.17, 15) is 4.79 Å². The molecule has 0 spiro atoms. The van der Waals surface area contributed by atoms with Crippen LogP contribution in [0.25, 0.3) is 0 Å². The molecule has 5 atom stereocenters. The van der Waals surface area contributed by atoms with Crippen LogP contribution in [0.1, 0.15) is 52.7 Å². The van der Waals surface area contributed by atoms with Crippen LogP contribution < -0.4 is 10.6 Å². The van der Waals surface area contributed by atoms with Crippen molar-refractivity contribution < 1.29 is 4.79 Å². The standard InChI is InChI=1S/C27H25ClN2O/c28-21-8-4-5-9-23(21)30-27(31)19-12-13-22-20(15-19)24-17-10-11-18(14-17)25(24)26(29-22)16-6-2-1-3-7-16/h1-9,12-13,15,17-18,24-26,29H,10-11,14H2,(H,30,31)/t17-,18+,24+,25-,26+/m0/s1. The molecule has 0 saturated heterocycles. The molecule has 156 valence electrons. The van der Waals surface area contributed by atoms with Crippen LogP contribution in [0, 0.1) is 17.8 Å². The Kier molecular flexibility index (Phi) is 4.53. The normalized spacial score (nSPS) is 27.8. The van der Waals surface area contributed by atoms with Gasteiger partial charge in [0.1, 0.15) is 0 Å². The number of hydrogen-bond donors (Lipinski definition) is 2. The van der Waals surface area contributed by atoms with Crippen molar-refractivity contribution in [1.29, 1.82) is 0 Å². The van der Waals surface area contributed by atoms with Gasteiger partial charge in [0.2, 0.25) is 0 Å². The summed E-state index contributed by atoms with van der Waals surface area (Å²) in [6, 6.07) is 24.7. The molecule has 1 heterocycles. The Morgan fingerprint density at radius 1 is 0.935 bits per heavy atom. The maximum Gasteiger partial charge on any atom is 0.255 e. The smallest absolute Gasteiger partial charge is 0.255 e. The molecule has 2 saturated carbocycles. The molecule has 2 fully saturated rings. The molecule has 2 bridgehead atoms. The topological polar surface area (TPSA) is 41.1 Å². The number of amides is 1. The van der Waals surface area contributed by atoms with E-state index < -0.39 is 0 Å². The molecule has 4 heteroatoms. The zero-order valence-electron chi connectivity index (χ0n) is 17.2. The molecule has 0 radical (unpaired) electrons. The Labute approximate surface area is 187 Å². The fourth-order valence-electron chi connectivity index (χ4n) is 6.37. The van der Waals surface area contributed by atoms with Gasteiger partial charge in [0, 0.05) is 11.3 Å². The Morgan fingerprint density at radius 2 is 1.71 bits per heavy atom. The van der Waals surface area contributed by atoms with Gasteiger partial charge in [-0.15, -0.1) is 0 Å². The average molecular weight is 429 g/mol. The molecule has 1 amide bonds. The zero-order valence-corrected chi connectivity index (χ0v) is 18.0. The molecule has 2 N–H and O–H groups in total. The molecule has 1 aliphatic heterocycles. The van der Waals surface area contributed by atoms with Crippen LogP contribution in [0.4, 0.5) is 11.4 Å². The van der Waals surface area contributed by atoms with Gasteiger partial charge in [-0.25, -0.2) is 0 Å². The molecular weight excluding hydrogens is 404 g/mol. The molecule has 6 rings (SSSR count). The van der Waals surface area contributed by atoms with Crippen molar-refractivity contribution in [3.05, 3.63) is 94.5 Å². The van der Waals surface area contributed by atoms with E-state index in [1.54, 1.807) is 6.07 Å². The molecule has 0 unspecified atom stereocenters. The Hall–Kier alpha value is -2.78. The van der Waals surface area contributed by atoms with Crippen LogP contribution in [-0.4, -0.2) is 5.91 Å². The van der Waals surface area contributed by atoms with Crippen molar-refractivity contribution in [2.24, 2.45) is 17.8 Å². The van der Waals surface area contributed by atoms with Gasteiger partial charge >= 0.3 is 0 Å². The van der Waals surface area contributed by atoms with Crippen molar-refractivity contribution in [2.75, 3.05) is 10.6 Å². The lowest BCUT2D eigenvalue weighted by Gasteiger charge is -2.43. The summed E-state index contributed by atoms with van der Waals surface area (Å²) in [6.45, 7) is 0. The average Bonchev–Trinajstić information content (AvgIpc) is 3.43. The van der Waals surface area contributed by atoms with Gasteiger partial charge in [-0.1, -0.05) is 54.1 Å². The maximum atomic E-state index is 13.0. The molecule has 3 nitrogen and oxygen atoms in total. The number of benzene rings is 3. The second-order valence-corrected chi connectivity index (χ2v) is 9.61. The highest BCUT2D eigenvalue weighted by Gasteiger charge is 2.53. The summed E-state index contributed by atoms with van der Waals surface area (Å²) in [5, 5.41) is 7.36. The number of carbonyl (C=O) groups is 1. The first-order valence-electron chi connectivity index (χ1n) is 11.2. The lowest BCUT2D eigenvalue weighted by atomic mass is 9.68. The van der Waals surface area contributed by atoms with Crippen LogP contribution in [0.15, 0.2) is 72.8 Å². The van der Waals surface area contributed by atoms with Crippen molar-refractivity contribution >= 4 is 28.9 Å². The molecule has 2 aliphatic carbocycles. The minimum atomic E-state index is -0.110. The number of rotatable bonds is 3. The van der Waals surface area contributed by atoms with Crippen LogP contribution in [0.3, 0.4) is 0 Å². The van der Waals surface area contributed by atoms with Gasteiger partial charge in [0.25, 0.3) is 5.91 Å². The number of anilines is 2. The summed E-state index contributed by atoms with van der Waals surface area (Å²) in [5.41, 5.74) is 5.21. The van der Waals surface area contributed by atoms with Gasteiger partial charge in [-0.05, 0) is 84.4 Å². The summed E-state index contributed by atoms with van der Waals surface area (Å²) in [4.78, 5) is 13.0. The predicted molar refractivity (Wildman–Crippen MR) is 126 cm³/mol. The number of para-hydroxylation sites is 1. The van der Waals surface area contributed by atoms with E-state index in [0.717, 1.165) is 11.8 Å². The van der Waals surface area contributed by atoms with E-state index >= 15 is 0 Å². The lowest BCUT2D eigenvalue weighted by Crippen LogP contribution is -2.35. The van der Waals surface area contributed by atoms with Crippen molar-refractivity contribution in [3.8, 4) is 0 Å². The fourth-order valence-corrected chi connectivity index (χ4v) is 6.56. The second kappa shape index (κ2) is 7.42. The molecule has 3 aromatic carbocycles. The van der Waals surface area contributed by atoms with E-state index in [1.807, 2.05) is 24.3 Å². The van der Waals surface area contributed by atoms with Gasteiger partial charge in [0.05, 0.1) is 16.8 Å². The number of halogens is 1. The van der Waals surface area contributed by atoms with Crippen LogP contribution in [-0.2, 0) is 0 Å². The molecule has 31 heavy (non-hydrogen) atoms. The van der Waals surface area contributed by atoms with E-state index in [2.05, 4.69) is 53.1 Å². The predicted octanol–water partition coefficient (Wildman–Crippen LogP) is 6.89. The Bertz CT molecular complexity index is 1140. The fraction of sp³-hybridized carbons (Fsp3) is 0.296. The number of fused-ring (bicyclic) bond motifs is 7. The largest absolute Gasteiger partial charge is 0.378 e.